The standard InChI is InChI=1S/C9H10N2O4/c1-11(5-8(13)14)9(15)6-3-2-4-7(12)10-6/h2-4H,5H2,1H3,(H,10,12)(H,13,14). The van der Waals surface area contributed by atoms with Crippen LogP contribution in [0.15, 0.2) is 23.0 Å². The molecule has 6 nitrogen and oxygen atoms in total. The van der Waals surface area contributed by atoms with Gasteiger partial charge in [0.25, 0.3) is 5.91 Å². The van der Waals surface area contributed by atoms with Crippen molar-refractivity contribution in [3.63, 3.8) is 0 Å². The van der Waals surface area contributed by atoms with Gasteiger partial charge >= 0.3 is 5.97 Å². The third-order valence-electron chi connectivity index (χ3n) is 1.72. The van der Waals surface area contributed by atoms with Crippen LogP contribution in [0.2, 0.25) is 0 Å². The predicted octanol–water partition coefficient (Wildman–Crippen LogP) is -0.469. The Morgan fingerprint density at radius 1 is 1.47 bits per heavy atom. The van der Waals surface area contributed by atoms with E-state index in [0.717, 1.165) is 4.90 Å². The Kier molecular flexibility index (Phi) is 3.22. The second kappa shape index (κ2) is 4.41. The number of carbonyl (C=O) groups excluding carboxylic acids is 1. The Labute approximate surface area is 85.1 Å². The fourth-order valence-corrected chi connectivity index (χ4v) is 1.05. The average molecular weight is 210 g/mol. The molecule has 1 aromatic heterocycles. The minimum absolute atomic E-state index is 0.0752. The lowest BCUT2D eigenvalue weighted by atomic mass is 10.3. The van der Waals surface area contributed by atoms with Crippen LogP contribution in [0.4, 0.5) is 0 Å². The molecule has 0 aliphatic carbocycles. The zero-order valence-electron chi connectivity index (χ0n) is 8.06. The van der Waals surface area contributed by atoms with E-state index in [9.17, 15) is 14.4 Å². The molecule has 0 aromatic carbocycles. The number of amides is 1. The summed E-state index contributed by atoms with van der Waals surface area (Å²) in [7, 11) is 1.35. The van der Waals surface area contributed by atoms with Gasteiger partial charge in [-0.3, -0.25) is 14.4 Å². The van der Waals surface area contributed by atoms with Gasteiger partial charge in [0.15, 0.2) is 0 Å². The van der Waals surface area contributed by atoms with Gasteiger partial charge < -0.3 is 15.0 Å². The van der Waals surface area contributed by atoms with Crippen molar-refractivity contribution in [1.82, 2.24) is 9.88 Å². The Morgan fingerprint density at radius 3 is 2.67 bits per heavy atom. The van der Waals surface area contributed by atoms with E-state index in [1.807, 2.05) is 0 Å². The molecule has 0 radical (unpaired) electrons. The number of hydrogen-bond acceptors (Lipinski definition) is 3. The van der Waals surface area contributed by atoms with Gasteiger partial charge in [-0.25, -0.2) is 0 Å². The highest BCUT2D eigenvalue weighted by molar-refractivity contribution is 5.93. The maximum absolute atomic E-state index is 11.5. The highest BCUT2D eigenvalue weighted by atomic mass is 16.4. The number of likely N-dealkylation sites (N-methyl/N-ethyl adjacent to an activating group) is 1. The van der Waals surface area contributed by atoms with E-state index in [0.29, 0.717) is 0 Å². The van der Waals surface area contributed by atoms with E-state index in [1.165, 1.54) is 25.2 Å². The molecule has 0 spiro atoms. The molecule has 0 aliphatic heterocycles. The first-order chi connectivity index (χ1) is 7.00. The smallest absolute Gasteiger partial charge is 0.323 e. The number of nitrogens with one attached hydrogen (secondary N) is 1. The quantitative estimate of drug-likeness (QED) is 0.705. The van der Waals surface area contributed by atoms with Gasteiger partial charge in [0.1, 0.15) is 12.2 Å². The Morgan fingerprint density at radius 2 is 2.13 bits per heavy atom. The summed E-state index contributed by atoms with van der Waals surface area (Å²) in [6, 6.07) is 4.12. The maximum atomic E-state index is 11.5. The fraction of sp³-hybridized carbons (Fsp3) is 0.222. The molecule has 15 heavy (non-hydrogen) atoms. The topological polar surface area (TPSA) is 90.5 Å². The molecular formula is C9H10N2O4. The van der Waals surface area contributed by atoms with Crippen molar-refractivity contribution in [3.8, 4) is 0 Å². The van der Waals surface area contributed by atoms with Crippen LogP contribution < -0.4 is 5.56 Å². The molecule has 6 heteroatoms. The first-order valence-electron chi connectivity index (χ1n) is 4.17. The summed E-state index contributed by atoms with van der Waals surface area (Å²) in [6.07, 6.45) is 0. The van der Waals surface area contributed by atoms with E-state index in [4.69, 9.17) is 5.11 Å². The van der Waals surface area contributed by atoms with Crippen LogP contribution in [0.5, 0.6) is 0 Å². The minimum Gasteiger partial charge on any atom is -0.480 e. The molecule has 0 bridgehead atoms. The highest BCUT2D eigenvalue weighted by Crippen LogP contribution is 1.96. The molecule has 0 saturated carbocycles. The number of H-pyrrole nitrogens is 1. The summed E-state index contributed by atoms with van der Waals surface area (Å²) >= 11 is 0. The summed E-state index contributed by atoms with van der Waals surface area (Å²) in [5.41, 5.74) is -0.323. The second-order valence-corrected chi connectivity index (χ2v) is 2.98. The first kappa shape index (κ1) is 11.0. The molecule has 0 aliphatic rings. The van der Waals surface area contributed by atoms with Gasteiger partial charge in [-0.05, 0) is 6.07 Å². The first-order valence-corrected chi connectivity index (χ1v) is 4.17. The van der Waals surface area contributed by atoms with E-state index in [2.05, 4.69) is 4.98 Å². The largest absolute Gasteiger partial charge is 0.480 e. The van der Waals surface area contributed by atoms with Crippen molar-refractivity contribution in [2.45, 2.75) is 0 Å². The average Bonchev–Trinajstić information content (AvgIpc) is 2.15. The summed E-state index contributed by atoms with van der Waals surface area (Å²) in [4.78, 5) is 36.1. The summed E-state index contributed by atoms with van der Waals surface area (Å²) in [5, 5.41) is 8.47. The van der Waals surface area contributed by atoms with Crippen LogP contribution in [-0.2, 0) is 4.79 Å². The van der Waals surface area contributed by atoms with Crippen LogP contribution in [-0.4, -0.2) is 40.5 Å². The predicted molar refractivity (Wildman–Crippen MR) is 51.7 cm³/mol. The number of pyridine rings is 1. The zero-order valence-corrected chi connectivity index (χ0v) is 8.06. The molecule has 1 aromatic rings. The normalized spacial score (nSPS) is 9.67. The number of aromatic nitrogens is 1. The van der Waals surface area contributed by atoms with Gasteiger partial charge in [-0.1, -0.05) is 6.07 Å². The van der Waals surface area contributed by atoms with Crippen molar-refractivity contribution in [1.29, 1.82) is 0 Å². The third-order valence-corrected chi connectivity index (χ3v) is 1.72. The maximum Gasteiger partial charge on any atom is 0.323 e. The van der Waals surface area contributed by atoms with Gasteiger partial charge in [-0.15, -0.1) is 0 Å². The number of nitrogens with zero attached hydrogens (tertiary/aromatic N) is 1. The third kappa shape index (κ3) is 2.94. The van der Waals surface area contributed by atoms with Crippen molar-refractivity contribution < 1.29 is 14.7 Å². The lowest BCUT2D eigenvalue weighted by molar-refractivity contribution is -0.137. The van der Waals surface area contributed by atoms with Crippen molar-refractivity contribution >= 4 is 11.9 Å². The number of carboxylic acids is 1. The molecule has 1 rings (SSSR count). The number of hydrogen-bond donors (Lipinski definition) is 2. The molecule has 0 atom stereocenters. The molecular weight excluding hydrogens is 200 g/mol. The number of aromatic amines is 1. The van der Waals surface area contributed by atoms with Gasteiger partial charge in [0, 0.05) is 13.1 Å². The number of rotatable bonds is 3. The monoisotopic (exact) mass is 210 g/mol. The van der Waals surface area contributed by atoms with E-state index in [-0.39, 0.29) is 5.69 Å². The van der Waals surface area contributed by atoms with E-state index in [1.54, 1.807) is 0 Å². The molecule has 1 amide bonds. The molecule has 80 valence electrons. The molecule has 0 unspecified atom stereocenters. The summed E-state index contributed by atoms with van der Waals surface area (Å²) < 4.78 is 0. The van der Waals surface area contributed by atoms with Crippen LogP contribution >= 0.6 is 0 Å². The number of carbonyl (C=O) groups is 2. The Hall–Kier alpha value is -2.11. The van der Waals surface area contributed by atoms with E-state index >= 15 is 0 Å². The zero-order chi connectivity index (χ0) is 11.4. The highest BCUT2D eigenvalue weighted by Gasteiger charge is 2.14. The van der Waals surface area contributed by atoms with Crippen LogP contribution in [0.3, 0.4) is 0 Å². The molecule has 0 fully saturated rings. The Balaban J connectivity index is 2.85. The molecule has 1 heterocycles. The van der Waals surface area contributed by atoms with Gasteiger partial charge in [-0.2, -0.15) is 0 Å². The lowest BCUT2D eigenvalue weighted by Crippen LogP contribution is -2.33. The summed E-state index contributed by atoms with van der Waals surface area (Å²) in [6.45, 7) is -0.407. The molecule has 0 saturated heterocycles. The van der Waals surface area contributed by atoms with Gasteiger partial charge in [0.05, 0.1) is 0 Å². The number of aliphatic carboxylic acids is 1. The van der Waals surface area contributed by atoms with Crippen LogP contribution in [0.1, 0.15) is 10.5 Å². The van der Waals surface area contributed by atoms with Crippen molar-refractivity contribution in [3.05, 3.63) is 34.2 Å². The summed E-state index contributed by atoms with van der Waals surface area (Å²) in [5.74, 6) is -1.64. The lowest BCUT2D eigenvalue weighted by Gasteiger charge is -2.13. The second-order valence-electron chi connectivity index (χ2n) is 2.98. The van der Waals surface area contributed by atoms with E-state index < -0.39 is 24.0 Å². The Bertz CT molecular complexity index is 438. The SMILES string of the molecule is CN(CC(=O)O)C(=O)c1cccc(=O)[nH]1. The van der Waals surface area contributed by atoms with Gasteiger partial charge in [0.2, 0.25) is 5.56 Å². The van der Waals surface area contributed by atoms with Crippen LogP contribution in [0, 0.1) is 0 Å². The number of carboxylic acid groups (broad SMARTS) is 1. The fourth-order valence-electron chi connectivity index (χ4n) is 1.05. The van der Waals surface area contributed by atoms with Crippen molar-refractivity contribution in [2.24, 2.45) is 0 Å². The minimum atomic E-state index is -1.11. The van der Waals surface area contributed by atoms with Crippen LogP contribution in [0.25, 0.3) is 0 Å². The van der Waals surface area contributed by atoms with Crippen molar-refractivity contribution in [2.75, 3.05) is 13.6 Å². The molecule has 2 N–H and O–H groups in total.